The number of carbonyl (C=O) groups is 2. The fourth-order valence-electron chi connectivity index (χ4n) is 4.08. The van der Waals surface area contributed by atoms with Gasteiger partial charge < -0.3 is 9.47 Å². The molecule has 0 N–H and O–H groups in total. The minimum Gasteiger partial charge on any atom is -0.493 e. The molecule has 0 spiro atoms. The molecule has 1 fully saturated rings. The van der Waals surface area contributed by atoms with Crippen LogP contribution in [0.3, 0.4) is 0 Å². The third-order valence-electron chi connectivity index (χ3n) is 5.67. The SMILES string of the molecule is CCC(=NCCc1ccc(OC)c(OC)c1)C1C(=O)CC(c2ccccc2)CC1=O. The number of Topliss-reactive ketones (excluding diaryl/α,β-unsaturated/α-hetero) is 2. The summed E-state index contributed by atoms with van der Waals surface area (Å²) < 4.78 is 10.6. The molecule has 30 heavy (non-hydrogen) atoms. The average Bonchev–Trinajstić information content (AvgIpc) is 2.77. The molecule has 0 radical (unpaired) electrons. The molecular formula is C25H29NO4. The van der Waals surface area contributed by atoms with Crippen molar-refractivity contribution in [3.8, 4) is 11.5 Å². The van der Waals surface area contributed by atoms with E-state index < -0.39 is 5.92 Å². The lowest BCUT2D eigenvalue weighted by Crippen LogP contribution is -2.38. The maximum Gasteiger partial charge on any atom is 0.160 e. The zero-order valence-electron chi connectivity index (χ0n) is 17.9. The van der Waals surface area contributed by atoms with E-state index >= 15 is 0 Å². The highest BCUT2D eigenvalue weighted by atomic mass is 16.5. The maximum atomic E-state index is 12.8. The van der Waals surface area contributed by atoms with E-state index in [0.717, 1.165) is 11.1 Å². The van der Waals surface area contributed by atoms with Crippen LogP contribution in [0.15, 0.2) is 53.5 Å². The summed E-state index contributed by atoms with van der Waals surface area (Å²) in [6, 6.07) is 15.6. The Kier molecular flexibility index (Phi) is 7.39. The lowest BCUT2D eigenvalue weighted by molar-refractivity contribution is -0.133. The highest BCUT2D eigenvalue weighted by molar-refractivity contribution is 6.22. The molecule has 0 aromatic heterocycles. The number of nitrogens with zero attached hydrogens (tertiary/aromatic N) is 1. The summed E-state index contributed by atoms with van der Waals surface area (Å²) in [5, 5.41) is 0. The van der Waals surface area contributed by atoms with Crippen molar-refractivity contribution < 1.29 is 19.1 Å². The lowest BCUT2D eigenvalue weighted by atomic mass is 9.74. The molecular weight excluding hydrogens is 378 g/mol. The van der Waals surface area contributed by atoms with E-state index in [1.807, 2.05) is 55.5 Å². The molecule has 2 aromatic carbocycles. The van der Waals surface area contributed by atoms with Gasteiger partial charge in [-0.25, -0.2) is 0 Å². The van der Waals surface area contributed by atoms with Crippen molar-refractivity contribution >= 4 is 17.3 Å². The number of aliphatic imine (C=N–C) groups is 1. The molecule has 1 aliphatic rings. The third-order valence-corrected chi connectivity index (χ3v) is 5.67. The second kappa shape index (κ2) is 10.2. The number of ketones is 2. The topological polar surface area (TPSA) is 65.0 Å². The zero-order chi connectivity index (χ0) is 21.5. The molecule has 0 atom stereocenters. The summed E-state index contributed by atoms with van der Waals surface area (Å²) in [6.45, 7) is 2.48. The first-order valence-corrected chi connectivity index (χ1v) is 10.4. The van der Waals surface area contributed by atoms with Gasteiger partial charge in [-0.2, -0.15) is 0 Å². The van der Waals surface area contributed by atoms with Gasteiger partial charge in [-0.05, 0) is 42.0 Å². The van der Waals surface area contributed by atoms with Gasteiger partial charge in [0.1, 0.15) is 17.5 Å². The van der Waals surface area contributed by atoms with Crippen LogP contribution in [0.1, 0.15) is 43.2 Å². The lowest BCUT2D eigenvalue weighted by Gasteiger charge is -2.27. The Hall–Kier alpha value is -2.95. The highest BCUT2D eigenvalue weighted by Gasteiger charge is 2.38. The van der Waals surface area contributed by atoms with E-state index in [1.54, 1.807) is 14.2 Å². The molecule has 0 unspecified atom stereocenters. The minimum atomic E-state index is -0.680. The molecule has 158 valence electrons. The van der Waals surface area contributed by atoms with Gasteiger partial charge in [0.05, 0.1) is 14.2 Å². The first-order valence-electron chi connectivity index (χ1n) is 10.4. The Morgan fingerprint density at radius 3 is 2.23 bits per heavy atom. The molecule has 0 amide bonds. The quantitative estimate of drug-likeness (QED) is 0.480. The van der Waals surface area contributed by atoms with E-state index in [2.05, 4.69) is 4.99 Å². The van der Waals surface area contributed by atoms with Crippen LogP contribution in [0.2, 0.25) is 0 Å². The first-order chi connectivity index (χ1) is 14.6. The Bertz CT molecular complexity index is 902. The second-order valence-corrected chi connectivity index (χ2v) is 7.55. The van der Waals surface area contributed by atoms with Crippen LogP contribution in [-0.2, 0) is 16.0 Å². The first kappa shape index (κ1) is 21.8. The molecule has 1 saturated carbocycles. The van der Waals surface area contributed by atoms with Crippen molar-refractivity contribution in [2.24, 2.45) is 10.9 Å². The van der Waals surface area contributed by atoms with E-state index in [1.165, 1.54) is 0 Å². The summed E-state index contributed by atoms with van der Waals surface area (Å²) in [5.41, 5.74) is 2.83. The monoisotopic (exact) mass is 407 g/mol. The van der Waals surface area contributed by atoms with Crippen molar-refractivity contribution in [2.45, 2.75) is 38.5 Å². The molecule has 3 rings (SSSR count). The number of hydrogen-bond donors (Lipinski definition) is 0. The third kappa shape index (κ3) is 4.96. The van der Waals surface area contributed by atoms with Crippen molar-refractivity contribution in [1.82, 2.24) is 0 Å². The molecule has 2 aromatic rings. The number of rotatable bonds is 8. The number of ether oxygens (including phenoxy) is 2. The molecule has 5 heteroatoms. The Labute approximate surface area is 178 Å². The van der Waals surface area contributed by atoms with E-state index in [4.69, 9.17) is 9.47 Å². The van der Waals surface area contributed by atoms with Gasteiger partial charge in [-0.15, -0.1) is 0 Å². The maximum absolute atomic E-state index is 12.8. The van der Waals surface area contributed by atoms with Crippen molar-refractivity contribution in [3.05, 3.63) is 59.7 Å². The van der Waals surface area contributed by atoms with Crippen LogP contribution < -0.4 is 9.47 Å². The molecule has 5 nitrogen and oxygen atoms in total. The summed E-state index contributed by atoms with van der Waals surface area (Å²) in [7, 11) is 3.22. The van der Waals surface area contributed by atoms with Gasteiger partial charge in [0, 0.05) is 25.1 Å². The Balaban J connectivity index is 1.67. The Morgan fingerprint density at radius 2 is 1.63 bits per heavy atom. The van der Waals surface area contributed by atoms with Crippen LogP contribution in [0.4, 0.5) is 0 Å². The largest absolute Gasteiger partial charge is 0.493 e. The number of benzene rings is 2. The van der Waals surface area contributed by atoms with E-state index in [0.29, 0.717) is 49.4 Å². The van der Waals surface area contributed by atoms with Gasteiger partial charge in [-0.1, -0.05) is 43.3 Å². The summed E-state index contributed by atoms with van der Waals surface area (Å²) in [4.78, 5) is 30.3. The molecule has 0 saturated heterocycles. The summed E-state index contributed by atoms with van der Waals surface area (Å²) in [6.07, 6.45) is 2.10. The van der Waals surface area contributed by atoms with Gasteiger partial charge in [-0.3, -0.25) is 14.6 Å². The van der Waals surface area contributed by atoms with Crippen LogP contribution in [0, 0.1) is 5.92 Å². The van der Waals surface area contributed by atoms with Gasteiger partial charge in [0.15, 0.2) is 11.5 Å². The molecule has 0 aliphatic heterocycles. The Morgan fingerprint density at radius 1 is 0.967 bits per heavy atom. The van der Waals surface area contributed by atoms with Crippen molar-refractivity contribution in [3.63, 3.8) is 0 Å². The number of methoxy groups -OCH3 is 2. The second-order valence-electron chi connectivity index (χ2n) is 7.55. The van der Waals surface area contributed by atoms with E-state index in [-0.39, 0.29) is 17.5 Å². The zero-order valence-corrected chi connectivity index (χ0v) is 17.9. The number of carbonyl (C=O) groups excluding carboxylic acids is 2. The summed E-state index contributed by atoms with van der Waals surface area (Å²) in [5.74, 6) is 0.649. The summed E-state index contributed by atoms with van der Waals surface area (Å²) >= 11 is 0. The van der Waals surface area contributed by atoms with Crippen molar-refractivity contribution in [1.29, 1.82) is 0 Å². The minimum absolute atomic E-state index is 0.00757. The van der Waals surface area contributed by atoms with Gasteiger partial charge in [0.2, 0.25) is 0 Å². The molecule has 0 bridgehead atoms. The predicted octanol–water partition coefficient (Wildman–Crippen LogP) is 4.43. The smallest absolute Gasteiger partial charge is 0.160 e. The standard InChI is InChI=1S/C25H29NO4/c1-4-20(26-13-12-17-10-11-23(29-2)24(14-17)30-3)25-21(27)15-19(16-22(25)28)18-8-6-5-7-9-18/h5-11,14,19,25H,4,12-13,15-16H2,1-3H3. The predicted molar refractivity (Wildman–Crippen MR) is 118 cm³/mol. The fourth-order valence-corrected chi connectivity index (χ4v) is 4.08. The van der Waals surface area contributed by atoms with Crippen LogP contribution >= 0.6 is 0 Å². The highest BCUT2D eigenvalue weighted by Crippen LogP contribution is 2.33. The average molecular weight is 408 g/mol. The molecule has 0 heterocycles. The number of hydrogen-bond acceptors (Lipinski definition) is 5. The molecule has 1 aliphatic carbocycles. The normalized spacial score (nSPS) is 19.6. The fraction of sp³-hybridized carbons (Fsp3) is 0.400. The van der Waals surface area contributed by atoms with Crippen molar-refractivity contribution in [2.75, 3.05) is 20.8 Å². The van der Waals surface area contributed by atoms with Gasteiger partial charge in [0.25, 0.3) is 0 Å². The van der Waals surface area contributed by atoms with Crippen LogP contribution in [0.25, 0.3) is 0 Å². The van der Waals surface area contributed by atoms with Gasteiger partial charge >= 0.3 is 0 Å². The van der Waals surface area contributed by atoms with Crippen LogP contribution in [-0.4, -0.2) is 38.0 Å². The van der Waals surface area contributed by atoms with E-state index in [9.17, 15) is 9.59 Å². The van der Waals surface area contributed by atoms with Crippen LogP contribution in [0.5, 0.6) is 11.5 Å².